The minimum atomic E-state index is -0.280. The van der Waals surface area contributed by atoms with Gasteiger partial charge in [0, 0.05) is 42.8 Å². The Labute approximate surface area is 241 Å². The first-order valence-corrected chi connectivity index (χ1v) is 14.3. The van der Waals surface area contributed by atoms with E-state index in [-0.39, 0.29) is 24.6 Å². The minimum Gasteiger partial charge on any atom is -0.445 e. The molecular formula is C33H37N5O3. The van der Waals surface area contributed by atoms with Crippen molar-refractivity contribution in [3.8, 4) is 0 Å². The standard InChI is InChI=1S/C33H37N5O3/c39-32(28-15-11-25(12-16-28)21-34-22-31-35-19-20-36-31)37-29-17-13-26(14-18-29)23-38(30-9-5-2-6-10-30)33(40)41-24-27-7-3-1-4-8-27/h1,3-4,7-8,11-20,30,34H,2,5-6,9-10,21-24H2,(H,35,36)(H,37,39). The number of aromatic amines is 1. The molecular weight excluding hydrogens is 514 g/mol. The minimum absolute atomic E-state index is 0.166. The number of carbonyl (C=O) groups is 2. The summed E-state index contributed by atoms with van der Waals surface area (Å²) in [4.78, 5) is 35.1. The summed E-state index contributed by atoms with van der Waals surface area (Å²) in [6.45, 7) is 2.07. The molecule has 4 aromatic rings. The molecule has 1 fully saturated rings. The zero-order valence-electron chi connectivity index (χ0n) is 23.2. The van der Waals surface area contributed by atoms with Crippen LogP contribution in [0.5, 0.6) is 0 Å². The lowest BCUT2D eigenvalue weighted by molar-refractivity contribution is 0.0683. The molecule has 0 radical (unpaired) electrons. The topological polar surface area (TPSA) is 99.3 Å². The molecule has 41 heavy (non-hydrogen) atoms. The molecule has 1 aliphatic rings. The molecule has 8 heteroatoms. The van der Waals surface area contributed by atoms with Crippen molar-refractivity contribution in [1.82, 2.24) is 20.2 Å². The van der Waals surface area contributed by atoms with Gasteiger partial charge in [-0.15, -0.1) is 0 Å². The summed E-state index contributed by atoms with van der Waals surface area (Å²) in [6, 6.07) is 25.2. The first-order chi connectivity index (χ1) is 20.1. The highest BCUT2D eigenvalue weighted by atomic mass is 16.6. The number of hydrogen-bond donors (Lipinski definition) is 3. The van der Waals surface area contributed by atoms with Crippen molar-refractivity contribution in [2.45, 2.75) is 64.4 Å². The third-order valence-corrected chi connectivity index (χ3v) is 7.41. The van der Waals surface area contributed by atoms with Crippen molar-refractivity contribution in [3.63, 3.8) is 0 Å². The molecule has 1 aliphatic carbocycles. The Hall–Kier alpha value is -4.43. The van der Waals surface area contributed by atoms with Gasteiger partial charge < -0.3 is 25.3 Å². The lowest BCUT2D eigenvalue weighted by atomic mass is 9.94. The highest BCUT2D eigenvalue weighted by Gasteiger charge is 2.27. The molecule has 0 atom stereocenters. The fraction of sp³-hybridized carbons (Fsp3) is 0.303. The molecule has 1 saturated carbocycles. The van der Waals surface area contributed by atoms with Crippen LogP contribution in [0.3, 0.4) is 0 Å². The molecule has 8 nitrogen and oxygen atoms in total. The fourth-order valence-electron chi connectivity index (χ4n) is 5.12. The van der Waals surface area contributed by atoms with E-state index in [1.807, 2.05) is 83.8 Å². The second-order valence-corrected chi connectivity index (χ2v) is 10.4. The van der Waals surface area contributed by atoms with Crippen LogP contribution in [0.25, 0.3) is 0 Å². The third kappa shape index (κ3) is 8.28. The molecule has 0 spiro atoms. The quantitative estimate of drug-likeness (QED) is 0.200. The Morgan fingerprint density at radius 3 is 2.29 bits per heavy atom. The Morgan fingerprint density at radius 1 is 0.854 bits per heavy atom. The number of benzene rings is 3. The molecule has 3 N–H and O–H groups in total. The van der Waals surface area contributed by atoms with Gasteiger partial charge in [0.2, 0.25) is 0 Å². The molecule has 1 heterocycles. The third-order valence-electron chi connectivity index (χ3n) is 7.41. The first-order valence-electron chi connectivity index (χ1n) is 14.3. The van der Waals surface area contributed by atoms with Gasteiger partial charge in [-0.05, 0) is 53.8 Å². The van der Waals surface area contributed by atoms with E-state index in [2.05, 4.69) is 20.6 Å². The molecule has 3 aromatic carbocycles. The second kappa shape index (κ2) is 14.3. The summed E-state index contributed by atoms with van der Waals surface area (Å²) in [5.41, 5.74) is 4.35. The summed E-state index contributed by atoms with van der Waals surface area (Å²) in [5.74, 6) is 0.720. The number of H-pyrrole nitrogens is 1. The predicted octanol–water partition coefficient (Wildman–Crippen LogP) is 6.42. The highest BCUT2D eigenvalue weighted by molar-refractivity contribution is 6.04. The molecule has 5 rings (SSSR count). The molecule has 212 valence electrons. The summed E-state index contributed by atoms with van der Waals surface area (Å²) >= 11 is 0. The van der Waals surface area contributed by atoms with Crippen LogP contribution in [0.4, 0.5) is 10.5 Å². The Bertz CT molecular complexity index is 1370. The number of anilines is 1. The van der Waals surface area contributed by atoms with E-state index >= 15 is 0 Å². The molecule has 0 aliphatic heterocycles. The number of nitrogens with one attached hydrogen (secondary N) is 3. The number of hydrogen-bond acceptors (Lipinski definition) is 5. The van der Waals surface area contributed by atoms with E-state index in [0.29, 0.717) is 30.9 Å². The summed E-state index contributed by atoms with van der Waals surface area (Å²) < 4.78 is 5.71. The normalized spacial score (nSPS) is 13.5. The first kappa shape index (κ1) is 28.1. The van der Waals surface area contributed by atoms with Crippen LogP contribution < -0.4 is 10.6 Å². The van der Waals surface area contributed by atoms with Crippen molar-refractivity contribution in [1.29, 1.82) is 0 Å². The molecule has 0 bridgehead atoms. The number of nitrogens with zero attached hydrogens (tertiary/aromatic N) is 2. The monoisotopic (exact) mass is 551 g/mol. The van der Waals surface area contributed by atoms with Crippen LogP contribution in [-0.2, 0) is 31.0 Å². The van der Waals surface area contributed by atoms with Gasteiger partial charge in [-0.3, -0.25) is 4.79 Å². The highest BCUT2D eigenvalue weighted by Crippen LogP contribution is 2.25. The van der Waals surface area contributed by atoms with E-state index in [4.69, 9.17) is 4.74 Å². The zero-order chi connectivity index (χ0) is 28.3. The lowest BCUT2D eigenvalue weighted by Crippen LogP contribution is -2.41. The van der Waals surface area contributed by atoms with Gasteiger partial charge in [-0.2, -0.15) is 0 Å². The molecule has 1 aromatic heterocycles. The maximum absolute atomic E-state index is 13.2. The summed E-state index contributed by atoms with van der Waals surface area (Å²) in [5, 5.41) is 6.30. The van der Waals surface area contributed by atoms with Crippen molar-refractivity contribution < 1.29 is 14.3 Å². The Kier molecular flexibility index (Phi) is 9.79. The predicted molar refractivity (Wildman–Crippen MR) is 159 cm³/mol. The lowest BCUT2D eigenvalue weighted by Gasteiger charge is -2.33. The maximum Gasteiger partial charge on any atom is 0.410 e. The van der Waals surface area contributed by atoms with Gasteiger partial charge in [0.1, 0.15) is 12.4 Å². The van der Waals surface area contributed by atoms with Gasteiger partial charge >= 0.3 is 6.09 Å². The fourth-order valence-corrected chi connectivity index (χ4v) is 5.12. The summed E-state index contributed by atoms with van der Waals surface area (Å²) in [7, 11) is 0. The van der Waals surface area contributed by atoms with E-state index in [9.17, 15) is 9.59 Å². The number of rotatable bonds is 11. The number of aromatic nitrogens is 2. The molecule has 2 amide bonds. The van der Waals surface area contributed by atoms with Gasteiger partial charge in [0.15, 0.2) is 0 Å². The van der Waals surface area contributed by atoms with Crippen LogP contribution in [0.15, 0.2) is 91.3 Å². The summed E-state index contributed by atoms with van der Waals surface area (Å²) in [6.07, 6.45) is 8.70. The van der Waals surface area contributed by atoms with Crippen LogP contribution >= 0.6 is 0 Å². The van der Waals surface area contributed by atoms with E-state index in [1.54, 1.807) is 12.4 Å². The zero-order valence-corrected chi connectivity index (χ0v) is 23.2. The van der Waals surface area contributed by atoms with Gasteiger partial charge in [0.05, 0.1) is 6.54 Å². The van der Waals surface area contributed by atoms with Crippen molar-refractivity contribution in [3.05, 3.63) is 119 Å². The second-order valence-electron chi connectivity index (χ2n) is 10.4. The number of imidazole rings is 1. The average Bonchev–Trinajstić information content (AvgIpc) is 3.54. The van der Waals surface area contributed by atoms with Crippen LogP contribution in [0, 0.1) is 0 Å². The largest absolute Gasteiger partial charge is 0.445 e. The molecule has 0 unspecified atom stereocenters. The number of carbonyl (C=O) groups excluding carboxylic acids is 2. The van der Waals surface area contributed by atoms with Crippen molar-refractivity contribution in [2.24, 2.45) is 0 Å². The Balaban J connectivity index is 1.14. The van der Waals surface area contributed by atoms with Gasteiger partial charge in [-0.25, -0.2) is 9.78 Å². The van der Waals surface area contributed by atoms with Crippen LogP contribution in [0.2, 0.25) is 0 Å². The van der Waals surface area contributed by atoms with E-state index < -0.39 is 0 Å². The van der Waals surface area contributed by atoms with E-state index in [1.165, 1.54) is 6.42 Å². The number of amides is 2. The maximum atomic E-state index is 13.2. The van der Waals surface area contributed by atoms with Gasteiger partial charge in [-0.1, -0.05) is 73.9 Å². The SMILES string of the molecule is O=C(Nc1ccc(CN(C(=O)OCc2ccccc2)C2CCCCC2)cc1)c1ccc(CNCc2ncc[nH]2)cc1. The Morgan fingerprint density at radius 2 is 1.59 bits per heavy atom. The van der Waals surface area contributed by atoms with E-state index in [0.717, 1.165) is 48.2 Å². The molecule has 0 saturated heterocycles. The smallest absolute Gasteiger partial charge is 0.410 e. The van der Waals surface area contributed by atoms with Crippen LogP contribution in [0.1, 0.15) is 65.0 Å². The van der Waals surface area contributed by atoms with Gasteiger partial charge in [0.25, 0.3) is 5.91 Å². The van der Waals surface area contributed by atoms with Crippen molar-refractivity contribution in [2.75, 3.05) is 5.32 Å². The van der Waals surface area contributed by atoms with Crippen LogP contribution in [-0.4, -0.2) is 32.9 Å². The number of ether oxygens (including phenoxy) is 1. The van der Waals surface area contributed by atoms with Crippen molar-refractivity contribution >= 4 is 17.7 Å². The average molecular weight is 552 g/mol.